The highest BCUT2D eigenvalue weighted by molar-refractivity contribution is 6.25. The SMILES string of the molecule is c1ccc(-c2cccc(-c3nc(-c4ccc(-c5nc6ccccc6o5)cc4)nc(-c4ccc5ccc6oc7ccc8nc(-c9ccccc9)oc8c7c6c5c4)n3)c2)cc1. The zero-order valence-electron chi connectivity index (χ0n) is 31.2. The Bertz CT molecular complexity index is 3520. The number of furan rings is 1. The summed E-state index contributed by atoms with van der Waals surface area (Å²) in [6.07, 6.45) is 0. The van der Waals surface area contributed by atoms with Crippen molar-refractivity contribution in [2.24, 2.45) is 0 Å². The monoisotopic (exact) mass is 759 g/mol. The Morgan fingerprint density at radius 1 is 0.305 bits per heavy atom. The van der Waals surface area contributed by atoms with Gasteiger partial charge in [-0.3, -0.25) is 0 Å². The Labute approximate surface area is 336 Å². The standard InChI is InChI=1S/C51H29N5O3/c1-3-10-30(11-4-1)35-14-9-15-36(28-35)48-54-47(32-19-21-34(22-20-32)50-52-39-16-7-8-17-41(39)58-50)55-49(56-48)37-23-18-31-24-26-42-44(38(31)29-37)45-43(57-42)27-25-40-46(45)59-51(53-40)33-12-5-2-6-13-33/h1-29H. The van der Waals surface area contributed by atoms with Gasteiger partial charge in [-0.05, 0) is 88.6 Å². The third-order valence-corrected chi connectivity index (χ3v) is 10.8. The molecule has 12 aromatic rings. The molecule has 8 nitrogen and oxygen atoms in total. The van der Waals surface area contributed by atoms with Crippen LogP contribution in [0.1, 0.15) is 0 Å². The number of oxazole rings is 2. The van der Waals surface area contributed by atoms with Crippen molar-refractivity contribution in [2.75, 3.05) is 0 Å². The number of para-hydroxylation sites is 2. The molecule has 0 bridgehead atoms. The summed E-state index contributed by atoms with van der Waals surface area (Å²) in [7, 11) is 0. The normalized spacial score (nSPS) is 11.7. The summed E-state index contributed by atoms with van der Waals surface area (Å²) in [5.74, 6) is 2.77. The van der Waals surface area contributed by atoms with Gasteiger partial charge in [0.2, 0.25) is 11.8 Å². The molecule has 4 heterocycles. The fourth-order valence-electron chi connectivity index (χ4n) is 7.89. The van der Waals surface area contributed by atoms with Crippen LogP contribution >= 0.6 is 0 Å². The van der Waals surface area contributed by atoms with Crippen molar-refractivity contribution in [3.05, 3.63) is 176 Å². The fraction of sp³-hybridized carbons (Fsp3) is 0. The van der Waals surface area contributed by atoms with Gasteiger partial charge in [0, 0.05) is 33.2 Å². The summed E-state index contributed by atoms with van der Waals surface area (Å²) < 4.78 is 19.0. The number of aromatic nitrogens is 5. The molecule has 0 saturated carbocycles. The van der Waals surface area contributed by atoms with Crippen LogP contribution < -0.4 is 0 Å². The summed E-state index contributed by atoms with van der Waals surface area (Å²) in [6, 6.07) is 58.6. The van der Waals surface area contributed by atoms with Crippen LogP contribution in [0.15, 0.2) is 189 Å². The molecule has 0 spiro atoms. The molecule has 0 aliphatic heterocycles. The van der Waals surface area contributed by atoms with E-state index in [0.29, 0.717) is 34.8 Å². The lowest BCUT2D eigenvalue weighted by Crippen LogP contribution is -2.00. The van der Waals surface area contributed by atoms with Crippen molar-refractivity contribution in [2.45, 2.75) is 0 Å². The predicted molar refractivity (Wildman–Crippen MR) is 232 cm³/mol. The number of nitrogens with zero attached hydrogens (tertiary/aromatic N) is 5. The molecule has 8 aromatic carbocycles. The van der Waals surface area contributed by atoms with E-state index in [0.717, 1.165) is 88.3 Å². The Hall–Kier alpha value is -8.23. The third-order valence-electron chi connectivity index (χ3n) is 10.8. The van der Waals surface area contributed by atoms with E-state index in [2.05, 4.69) is 48.5 Å². The molecule has 0 unspecified atom stereocenters. The second kappa shape index (κ2) is 13.2. The van der Waals surface area contributed by atoms with Gasteiger partial charge in [-0.15, -0.1) is 0 Å². The van der Waals surface area contributed by atoms with E-state index in [1.54, 1.807) is 0 Å². The van der Waals surface area contributed by atoms with Crippen LogP contribution in [0.5, 0.6) is 0 Å². The highest BCUT2D eigenvalue weighted by Gasteiger charge is 2.20. The molecule has 0 atom stereocenters. The Morgan fingerprint density at radius 2 is 0.864 bits per heavy atom. The number of rotatable bonds is 6. The minimum atomic E-state index is 0.543. The summed E-state index contributed by atoms with van der Waals surface area (Å²) >= 11 is 0. The van der Waals surface area contributed by atoms with Crippen molar-refractivity contribution >= 4 is 54.9 Å². The second-order valence-corrected chi connectivity index (χ2v) is 14.5. The predicted octanol–water partition coefficient (Wildman–Crippen LogP) is 13.2. The molecule has 0 aliphatic rings. The van der Waals surface area contributed by atoms with Gasteiger partial charge in [-0.25, -0.2) is 24.9 Å². The molecule has 0 amide bonds. The lowest BCUT2D eigenvalue weighted by Gasteiger charge is -2.11. The molecule has 0 N–H and O–H groups in total. The zero-order valence-corrected chi connectivity index (χ0v) is 31.2. The minimum absolute atomic E-state index is 0.543. The average molecular weight is 760 g/mol. The number of hydrogen-bond donors (Lipinski definition) is 0. The molecule has 0 saturated heterocycles. The fourth-order valence-corrected chi connectivity index (χ4v) is 7.89. The van der Waals surface area contributed by atoms with Gasteiger partial charge in [0.15, 0.2) is 28.6 Å². The van der Waals surface area contributed by atoms with Gasteiger partial charge in [-0.2, -0.15) is 0 Å². The summed E-state index contributed by atoms with van der Waals surface area (Å²) in [6.45, 7) is 0. The molecule has 12 rings (SSSR count). The van der Waals surface area contributed by atoms with Crippen molar-refractivity contribution in [3.63, 3.8) is 0 Å². The van der Waals surface area contributed by atoms with E-state index >= 15 is 0 Å². The molecule has 4 aromatic heterocycles. The number of fused-ring (bicyclic) bond motifs is 8. The maximum Gasteiger partial charge on any atom is 0.227 e. The van der Waals surface area contributed by atoms with Crippen molar-refractivity contribution in [1.82, 2.24) is 24.9 Å². The molecule has 59 heavy (non-hydrogen) atoms. The lowest BCUT2D eigenvalue weighted by molar-refractivity contribution is 0.620. The molecular formula is C51H29N5O3. The quantitative estimate of drug-likeness (QED) is 0.165. The Kier molecular flexibility index (Phi) is 7.36. The van der Waals surface area contributed by atoms with Crippen LogP contribution in [-0.4, -0.2) is 24.9 Å². The van der Waals surface area contributed by atoms with E-state index in [9.17, 15) is 0 Å². The lowest BCUT2D eigenvalue weighted by atomic mass is 10.0. The van der Waals surface area contributed by atoms with Crippen LogP contribution in [0.2, 0.25) is 0 Å². The van der Waals surface area contributed by atoms with Crippen LogP contribution in [-0.2, 0) is 0 Å². The highest BCUT2D eigenvalue weighted by atomic mass is 16.4. The van der Waals surface area contributed by atoms with Gasteiger partial charge in [0.1, 0.15) is 22.2 Å². The first-order valence-corrected chi connectivity index (χ1v) is 19.3. The molecular weight excluding hydrogens is 731 g/mol. The second-order valence-electron chi connectivity index (χ2n) is 14.5. The summed E-state index contributed by atoms with van der Waals surface area (Å²) in [4.78, 5) is 24.9. The van der Waals surface area contributed by atoms with Crippen LogP contribution in [0.4, 0.5) is 0 Å². The van der Waals surface area contributed by atoms with Crippen LogP contribution in [0.3, 0.4) is 0 Å². The molecule has 0 radical (unpaired) electrons. The maximum absolute atomic E-state index is 6.51. The molecule has 0 fully saturated rings. The topological polar surface area (TPSA) is 104 Å². The van der Waals surface area contributed by atoms with Crippen molar-refractivity contribution in [1.29, 1.82) is 0 Å². The first kappa shape index (κ1) is 33.0. The average Bonchev–Trinajstić information content (AvgIpc) is 4.05. The van der Waals surface area contributed by atoms with Crippen molar-refractivity contribution in [3.8, 4) is 68.2 Å². The van der Waals surface area contributed by atoms with E-state index in [1.807, 2.05) is 127 Å². The number of hydrogen-bond acceptors (Lipinski definition) is 8. The first-order valence-electron chi connectivity index (χ1n) is 19.3. The Morgan fingerprint density at radius 3 is 1.66 bits per heavy atom. The molecule has 0 aliphatic carbocycles. The van der Waals surface area contributed by atoms with Gasteiger partial charge in [-0.1, -0.05) is 109 Å². The van der Waals surface area contributed by atoms with Gasteiger partial charge >= 0.3 is 0 Å². The van der Waals surface area contributed by atoms with Crippen molar-refractivity contribution < 1.29 is 13.3 Å². The number of benzene rings is 8. The molecule has 276 valence electrons. The van der Waals surface area contributed by atoms with E-state index in [-0.39, 0.29) is 0 Å². The van der Waals surface area contributed by atoms with E-state index in [4.69, 9.17) is 38.2 Å². The van der Waals surface area contributed by atoms with E-state index in [1.165, 1.54) is 0 Å². The molecule has 8 heteroatoms. The minimum Gasteiger partial charge on any atom is -0.456 e. The highest BCUT2D eigenvalue weighted by Crippen LogP contribution is 2.41. The van der Waals surface area contributed by atoms with Gasteiger partial charge in [0.25, 0.3) is 0 Å². The first-order chi connectivity index (χ1) is 29.2. The Balaban J connectivity index is 1.03. The van der Waals surface area contributed by atoms with Gasteiger partial charge in [0.05, 0.1) is 5.39 Å². The summed E-state index contributed by atoms with van der Waals surface area (Å²) in [5, 5.41) is 3.86. The smallest absolute Gasteiger partial charge is 0.227 e. The van der Waals surface area contributed by atoms with E-state index < -0.39 is 0 Å². The third kappa shape index (κ3) is 5.65. The summed E-state index contributed by atoms with van der Waals surface area (Å²) in [5.41, 5.74) is 11.0. The van der Waals surface area contributed by atoms with Crippen LogP contribution in [0.25, 0.3) is 123 Å². The largest absolute Gasteiger partial charge is 0.456 e. The van der Waals surface area contributed by atoms with Crippen LogP contribution in [0, 0.1) is 0 Å². The zero-order chi connectivity index (χ0) is 38.9. The van der Waals surface area contributed by atoms with Gasteiger partial charge < -0.3 is 13.3 Å². The maximum atomic E-state index is 6.51.